The van der Waals surface area contributed by atoms with E-state index in [-0.39, 0.29) is 6.03 Å². The number of carbonyl (C=O) groups is 2. The zero-order chi connectivity index (χ0) is 11.4. The second kappa shape index (κ2) is 4.83. The summed E-state index contributed by atoms with van der Waals surface area (Å²) < 4.78 is 0. The van der Waals surface area contributed by atoms with Gasteiger partial charge in [0.25, 0.3) is 0 Å². The molecule has 82 valence electrons. The molecule has 0 fully saturated rings. The van der Waals surface area contributed by atoms with Crippen LogP contribution in [0.5, 0.6) is 0 Å². The first-order valence-corrected chi connectivity index (χ1v) is 4.65. The predicted octanol–water partition coefficient (Wildman–Crippen LogP) is 0.901. The summed E-state index contributed by atoms with van der Waals surface area (Å²) in [7, 11) is 0. The molecule has 0 aliphatic heterocycles. The van der Waals surface area contributed by atoms with Crippen LogP contribution in [-0.2, 0) is 4.79 Å². The Labute approximate surface area is 84.1 Å². The van der Waals surface area contributed by atoms with Crippen molar-refractivity contribution in [1.29, 1.82) is 0 Å². The molecule has 0 saturated carbocycles. The van der Waals surface area contributed by atoms with Crippen molar-refractivity contribution >= 4 is 12.0 Å². The van der Waals surface area contributed by atoms with E-state index in [1.165, 1.54) is 18.7 Å². The monoisotopic (exact) mass is 202 g/mol. The Hall–Kier alpha value is -1.26. The first-order valence-electron chi connectivity index (χ1n) is 4.65. The van der Waals surface area contributed by atoms with Gasteiger partial charge in [0.05, 0.1) is 0 Å². The van der Waals surface area contributed by atoms with E-state index in [4.69, 9.17) is 5.11 Å². The number of nitrogens with zero attached hydrogens (tertiary/aromatic N) is 1. The highest BCUT2D eigenvalue weighted by Gasteiger charge is 2.30. The summed E-state index contributed by atoms with van der Waals surface area (Å²) in [5, 5.41) is 11.2. The number of urea groups is 1. The Morgan fingerprint density at radius 3 is 2.00 bits per heavy atom. The second-order valence-electron chi connectivity index (χ2n) is 3.53. The molecule has 0 spiro atoms. The molecular weight excluding hydrogens is 184 g/mol. The molecule has 2 N–H and O–H groups in total. The van der Waals surface area contributed by atoms with Crippen molar-refractivity contribution < 1.29 is 14.7 Å². The third kappa shape index (κ3) is 3.24. The predicted molar refractivity (Wildman–Crippen MR) is 53.2 cm³/mol. The maximum Gasteiger partial charge on any atom is 0.328 e. The van der Waals surface area contributed by atoms with Gasteiger partial charge in [0.1, 0.15) is 5.54 Å². The van der Waals surface area contributed by atoms with Crippen molar-refractivity contribution in [2.75, 3.05) is 13.1 Å². The van der Waals surface area contributed by atoms with Gasteiger partial charge in [-0.1, -0.05) is 0 Å². The lowest BCUT2D eigenvalue weighted by atomic mass is 10.1. The lowest BCUT2D eigenvalue weighted by Crippen LogP contribution is -2.54. The van der Waals surface area contributed by atoms with Crippen molar-refractivity contribution in [3.63, 3.8) is 0 Å². The van der Waals surface area contributed by atoms with Crippen LogP contribution >= 0.6 is 0 Å². The van der Waals surface area contributed by atoms with Gasteiger partial charge >= 0.3 is 12.0 Å². The molecule has 0 heterocycles. The summed E-state index contributed by atoms with van der Waals surface area (Å²) >= 11 is 0. The topological polar surface area (TPSA) is 69.6 Å². The van der Waals surface area contributed by atoms with Gasteiger partial charge in [0, 0.05) is 13.1 Å². The van der Waals surface area contributed by atoms with Gasteiger partial charge in [0.2, 0.25) is 0 Å². The van der Waals surface area contributed by atoms with Crippen LogP contribution in [0.3, 0.4) is 0 Å². The molecule has 5 nitrogen and oxygen atoms in total. The third-order valence-corrected chi connectivity index (χ3v) is 2.00. The van der Waals surface area contributed by atoms with Crippen molar-refractivity contribution in [3.8, 4) is 0 Å². The van der Waals surface area contributed by atoms with Crippen LogP contribution in [0.2, 0.25) is 0 Å². The molecule has 0 aliphatic rings. The van der Waals surface area contributed by atoms with Crippen LogP contribution in [0, 0.1) is 0 Å². The van der Waals surface area contributed by atoms with Crippen molar-refractivity contribution in [2.24, 2.45) is 0 Å². The van der Waals surface area contributed by atoms with Crippen LogP contribution in [0.25, 0.3) is 0 Å². The molecule has 0 unspecified atom stereocenters. The molecule has 0 saturated heterocycles. The smallest absolute Gasteiger partial charge is 0.328 e. The normalized spacial score (nSPS) is 10.9. The zero-order valence-corrected chi connectivity index (χ0v) is 9.13. The van der Waals surface area contributed by atoms with Gasteiger partial charge < -0.3 is 15.3 Å². The summed E-state index contributed by atoms with van der Waals surface area (Å²) in [4.78, 5) is 23.7. The second-order valence-corrected chi connectivity index (χ2v) is 3.53. The molecule has 5 heteroatoms. The fraction of sp³-hybridized carbons (Fsp3) is 0.778. The average molecular weight is 202 g/mol. The minimum absolute atomic E-state index is 0.345. The first kappa shape index (κ1) is 12.7. The molecule has 14 heavy (non-hydrogen) atoms. The van der Waals surface area contributed by atoms with E-state index >= 15 is 0 Å². The lowest BCUT2D eigenvalue weighted by molar-refractivity contribution is -0.143. The van der Waals surface area contributed by atoms with Crippen LogP contribution in [0.4, 0.5) is 4.79 Å². The van der Waals surface area contributed by atoms with Gasteiger partial charge in [-0.3, -0.25) is 0 Å². The summed E-state index contributed by atoms with van der Waals surface area (Å²) in [6.45, 7) is 7.73. The molecule has 0 atom stereocenters. The highest BCUT2D eigenvalue weighted by atomic mass is 16.4. The number of amides is 2. The molecule has 0 bridgehead atoms. The number of aliphatic carboxylic acids is 1. The molecule has 0 aromatic rings. The van der Waals surface area contributed by atoms with Crippen LogP contribution in [-0.4, -0.2) is 40.6 Å². The summed E-state index contributed by atoms with van der Waals surface area (Å²) in [5.41, 5.74) is -1.22. The average Bonchev–Trinajstić information content (AvgIpc) is 2.05. The summed E-state index contributed by atoms with van der Waals surface area (Å²) in [6, 6.07) is -0.345. The van der Waals surface area contributed by atoms with Crippen molar-refractivity contribution in [1.82, 2.24) is 10.2 Å². The highest BCUT2D eigenvalue weighted by molar-refractivity contribution is 5.85. The fourth-order valence-electron chi connectivity index (χ4n) is 0.911. The number of carboxylic acids is 1. The number of rotatable bonds is 4. The van der Waals surface area contributed by atoms with E-state index in [1.54, 1.807) is 0 Å². The minimum atomic E-state index is -1.22. The minimum Gasteiger partial charge on any atom is -0.480 e. The van der Waals surface area contributed by atoms with Crippen LogP contribution < -0.4 is 5.32 Å². The third-order valence-electron chi connectivity index (χ3n) is 2.00. The number of nitrogens with one attached hydrogen (secondary N) is 1. The Morgan fingerprint density at radius 2 is 1.71 bits per heavy atom. The number of carboxylic acid groups (broad SMARTS) is 1. The van der Waals surface area contributed by atoms with Gasteiger partial charge in [-0.05, 0) is 27.7 Å². The molecular formula is C9H18N2O3. The molecule has 2 amide bonds. The van der Waals surface area contributed by atoms with Crippen molar-refractivity contribution in [3.05, 3.63) is 0 Å². The van der Waals surface area contributed by atoms with Gasteiger partial charge in [-0.25, -0.2) is 9.59 Å². The van der Waals surface area contributed by atoms with E-state index < -0.39 is 11.5 Å². The van der Waals surface area contributed by atoms with E-state index in [9.17, 15) is 9.59 Å². The standard InChI is InChI=1S/C9H18N2O3/c1-5-11(6-2)8(14)10-9(3,4)7(12)13/h5-6H2,1-4H3,(H,10,14)(H,12,13). The largest absolute Gasteiger partial charge is 0.480 e. The van der Waals surface area contributed by atoms with Gasteiger partial charge in [-0.2, -0.15) is 0 Å². The molecule has 0 aliphatic carbocycles. The number of hydrogen-bond donors (Lipinski definition) is 2. The number of carbonyl (C=O) groups excluding carboxylic acids is 1. The summed E-state index contributed by atoms with van der Waals surface area (Å²) in [5.74, 6) is -1.04. The number of hydrogen-bond acceptors (Lipinski definition) is 2. The van der Waals surface area contributed by atoms with E-state index in [1.807, 2.05) is 13.8 Å². The molecule has 0 rings (SSSR count). The van der Waals surface area contributed by atoms with Crippen LogP contribution in [0.1, 0.15) is 27.7 Å². The lowest BCUT2D eigenvalue weighted by Gasteiger charge is -2.26. The summed E-state index contributed by atoms with van der Waals surface area (Å²) in [6.07, 6.45) is 0. The molecule has 0 aromatic carbocycles. The van der Waals surface area contributed by atoms with Gasteiger partial charge in [-0.15, -0.1) is 0 Å². The van der Waals surface area contributed by atoms with Crippen LogP contribution in [0.15, 0.2) is 0 Å². The Balaban J connectivity index is 4.38. The van der Waals surface area contributed by atoms with E-state index in [0.717, 1.165) is 0 Å². The van der Waals surface area contributed by atoms with Crippen molar-refractivity contribution in [2.45, 2.75) is 33.2 Å². The maximum atomic E-state index is 11.5. The fourth-order valence-corrected chi connectivity index (χ4v) is 0.911. The zero-order valence-electron chi connectivity index (χ0n) is 9.13. The maximum absolute atomic E-state index is 11.5. The van der Waals surface area contributed by atoms with E-state index in [2.05, 4.69) is 5.32 Å². The first-order chi connectivity index (χ1) is 6.35. The Morgan fingerprint density at radius 1 is 1.29 bits per heavy atom. The van der Waals surface area contributed by atoms with E-state index in [0.29, 0.717) is 13.1 Å². The quantitative estimate of drug-likeness (QED) is 0.711. The Kier molecular flexibility index (Phi) is 4.40. The highest BCUT2D eigenvalue weighted by Crippen LogP contribution is 2.03. The SMILES string of the molecule is CCN(CC)C(=O)NC(C)(C)C(=O)O. The van der Waals surface area contributed by atoms with Gasteiger partial charge in [0.15, 0.2) is 0 Å². The molecule has 0 aromatic heterocycles. The molecule has 0 radical (unpaired) electrons. The Bertz CT molecular complexity index is 222.